The third-order valence-corrected chi connectivity index (χ3v) is 3.14. The molecular formula is C13H21N3O3. The van der Waals surface area contributed by atoms with Crippen LogP contribution in [0.2, 0.25) is 0 Å². The number of nitrogen functional groups attached to an aromatic ring is 1. The number of hydrazine groups is 1. The summed E-state index contributed by atoms with van der Waals surface area (Å²) < 4.78 is 10.9. The zero-order valence-electron chi connectivity index (χ0n) is 11.2. The average molecular weight is 267 g/mol. The molecule has 0 atom stereocenters. The van der Waals surface area contributed by atoms with Crippen molar-refractivity contribution in [2.75, 3.05) is 26.8 Å². The Morgan fingerprint density at radius 2 is 2.42 bits per heavy atom. The molecule has 1 amide bonds. The lowest BCUT2D eigenvalue weighted by atomic mass is 10.3. The molecule has 1 aromatic heterocycles. The van der Waals surface area contributed by atoms with Gasteiger partial charge in [0.2, 0.25) is 0 Å². The monoisotopic (exact) mass is 267 g/mol. The van der Waals surface area contributed by atoms with E-state index in [1.807, 2.05) is 7.05 Å². The first-order chi connectivity index (χ1) is 9.19. The second-order valence-electron chi connectivity index (χ2n) is 5.03. The lowest BCUT2D eigenvalue weighted by molar-refractivity contribution is 0.0953. The van der Waals surface area contributed by atoms with Gasteiger partial charge in [-0.05, 0) is 31.9 Å². The highest BCUT2D eigenvalue weighted by Crippen LogP contribution is 2.28. The predicted octanol–water partition coefficient (Wildman–Crippen LogP) is 0.742. The molecule has 0 bridgehead atoms. The number of carbonyl (C=O) groups is 1. The van der Waals surface area contributed by atoms with Gasteiger partial charge in [0.05, 0.1) is 18.7 Å². The van der Waals surface area contributed by atoms with Gasteiger partial charge >= 0.3 is 0 Å². The van der Waals surface area contributed by atoms with Gasteiger partial charge in [-0.25, -0.2) is 5.84 Å². The Morgan fingerprint density at radius 1 is 1.63 bits per heavy atom. The summed E-state index contributed by atoms with van der Waals surface area (Å²) >= 11 is 0. The smallest absolute Gasteiger partial charge is 0.268 e. The van der Waals surface area contributed by atoms with Crippen molar-refractivity contribution in [2.45, 2.75) is 19.4 Å². The van der Waals surface area contributed by atoms with Gasteiger partial charge in [0.25, 0.3) is 5.91 Å². The molecule has 1 aliphatic rings. The van der Waals surface area contributed by atoms with E-state index in [4.69, 9.17) is 15.0 Å². The molecule has 0 aromatic carbocycles. The molecule has 1 heterocycles. The normalized spacial score (nSPS) is 14.9. The minimum Gasteiger partial charge on any atom is -0.467 e. The van der Waals surface area contributed by atoms with Crippen LogP contribution in [0.3, 0.4) is 0 Å². The second-order valence-corrected chi connectivity index (χ2v) is 5.03. The summed E-state index contributed by atoms with van der Waals surface area (Å²) in [5, 5.41) is 0. The summed E-state index contributed by atoms with van der Waals surface area (Å²) in [6.45, 7) is 3.09. The molecule has 3 N–H and O–H groups in total. The molecule has 0 aliphatic heterocycles. The fourth-order valence-electron chi connectivity index (χ4n) is 1.77. The summed E-state index contributed by atoms with van der Waals surface area (Å²) in [6, 6.07) is 1.70. The van der Waals surface area contributed by atoms with Crippen molar-refractivity contribution in [1.82, 2.24) is 10.3 Å². The van der Waals surface area contributed by atoms with E-state index >= 15 is 0 Å². The molecular weight excluding hydrogens is 246 g/mol. The molecule has 0 saturated heterocycles. The Hall–Kier alpha value is -1.37. The van der Waals surface area contributed by atoms with Gasteiger partial charge in [0, 0.05) is 13.2 Å². The van der Waals surface area contributed by atoms with Gasteiger partial charge in [-0.15, -0.1) is 0 Å². The van der Waals surface area contributed by atoms with Crippen LogP contribution in [0.25, 0.3) is 0 Å². The van der Waals surface area contributed by atoms with Gasteiger partial charge in [-0.2, -0.15) is 0 Å². The molecule has 6 heteroatoms. The molecule has 1 saturated carbocycles. The maximum Gasteiger partial charge on any atom is 0.268 e. The van der Waals surface area contributed by atoms with Crippen molar-refractivity contribution in [3.05, 3.63) is 23.7 Å². The van der Waals surface area contributed by atoms with Crippen LogP contribution in [-0.4, -0.2) is 37.6 Å². The minimum atomic E-state index is -0.342. The van der Waals surface area contributed by atoms with Gasteiger partial charge < -0.3 is 9.15 Å². The number of nitrogens with one attached hydrogen (secondary N) is 1. The number of carbonyl (C=O) groups excluding carboxylic acids is 1. The van der Waals surface area contributed by atoms with Crippen LogP contribution in [0, 0.1) is 5.92 Å². The van der Waals surface area contributed by atoms with Crippen LogP contribution in [0.15, 0.2) is 16.7 Å². The summed E-state index contributed by atoms with van der Waals surface area (Å²) in [7, 11) is 1.99. The SMILES string of the molecule is CN(CCOCC1CC1)Cc1cc(C(=O)NN)co1. The van der Waals surface area contributed by atoms with Crippen molar-refractivity contribution in [1.29, 1.82) is 0 Å². The van der Waals surface area contributed by atoms with Crippen LogP contribution in [0.5, 0.6) is 0 Å². The maximum atomic E-state index is 11.3. The van der Waals surface area contributed by atoms with E-state index in [2.05, 4.69) is 10.3 Å². The molecule has 1 aromatic rings. The van der Waals surface area contributed by atoms with Crippen LogP contribution in [-0.2, 0) is 11.3 Å². The Bertz CT molecular complexity index is 415. The summed E-state index contributed by atoms with van der Waals surface area (Å²) in [6.07, 6.45) is 4.04. The number of amides is 1. The molecule has 0 radical (unpaired) electrons. The zero-order chi connectivity index (χ0) is 13.7. The van der Waals surface area contributed by atoms with Crippen LogP contribution in [0.1, 0.15) is 29.0 Å². The molecule has 1 fully saturated rings. The number of furan rings is 1. The number of nitrogens with two attached hydrogens (primary N) is 1. The van der Waals surface area contributed by atoms with Gasteiger partial charge in [-0.3, -0.25) is 15.1 Å². The lowest BCUT2D eigenvalue weighted by Crippen LogP contribution is -2.29. The van der Waals surface area contributed by atoms with E-state index in [-0.39, 0.29) is 5.91 Å². The molecule has 0 spiro atoms. The van der Waals surface area contributed by atoms with Gasteiger partial charge in [0.15, 0.2) is 0 Å². The van der Waals surface area contributed by atoms with E-state index in [9.17, 15) is 4.79 Å². The van der Waals surface area contributed by atoms with Crippen molar-refractivity contribution < 1.29 is 13.9 Å². The van der Waals surface area contributed by atoms with E-state index in [0.717, 1.165) is 31.4 Å². The quantitative estimate of drug-likeness (QED) is 0.314. The van der Waals surface area contributed by atoms with E-state index < -0.39 is 0 Å². The van der Waals surface area contributed by atoms with Crippen molar-refractivity contribution >= 4 is 5.91 Å². The van der Waals surface area contributed by atoms with Crippen molar-refractivity contribution in [2.24, 2.45) is 11.8 Å². The molecule has 2 rings (SSSR count). The number of nitrogens with zero attached hydrogens (tertiary/aromatic N) is 1. The van der Waals surface area contributed by atoms with Gasteiger partial charge in [-0.1, -0.05) is 0 Å². The highest BCUT2D eigenvalue weighted by atomic mass is 16.5. The summed E-state index contributed by atoms with van der Waals surface area (Å²) in [5.41, 5.74) is 2.51. The fraction of sp³-hybridized carbons (Fsp3) is 0.615. The molecule has 19 heavy (non-hydrogen) atoms. The Morgan fingerprint density at radius 3 is 3.11 bits per heavy atom. The Labute approximate surface area is 112 Å². The number of rotatable bonds is 8. The first kappa shape index (κ1) is 14.0. The molecule has 1 aliphatic carbocycles. The second kappa shape index (κ2) is 6.70. The number of ether oxygens (including phenoxy) is 1. The number of hydrogen-bond donors (Lipinski definition) is 2. The third kappa shape index (κ3) is 4.66. The third-order valence-electron chi connectivity index (χ3n) is 3.14. The maximum absolute atomic E-state index is 11.3. The van der Waals surface area contributed by atoms with E-state index in [0.29, 0.717) is 12.1 Å². The molecule has 6 nitrogen and oxygen atoms in total. The van der Waals surface area contributed by atoms with Crippen molar-refractivity contribution in [3.8, 4) is 0 Å². The number of likely N-dealkylation sites (N-methyl/N-ethyl adjacent to an activating group) is 1. The lowest BCUT2D eigenvalue weighted by Gasteiger charge is -2.14. The standard InChI is InChI=1S/C13H21N3O3/c1-16(4-5-18-8-10-2-3-10)7-12-6-11(9-19-12)13(17)15-14/h6,9-10H,2-5,7-8,14H2,1H3,(H,15,17). The van der Waals surface area contributed by atoms with Crippen LogP contribution in [0.4, 0.5) is 0 Å². The van der Waals surface area contributed by atoms with Crippen molar-refractivity contribution in [3.63, 3.8) is 0 Å². The van der Waals surface area contributed by atoms with Crippen LogP contribution < -0.4 is 11.3 Å². The predicted molar refractivity (Wildman–Crippen MR) is 70.2 cm³/mol. The van der Waals surface area contributed by atoms with E-state index in [1.54, 1.807) is 6.07 Å². The summed E-state index contributed by atoms with van der Waals surface area (Å²) in [5.74, 6) is 6.25. The highest BCUT2D eigenvalue weighted by molar-refractivity contribution is 5.93. The topological polar surface area (TPSA) is 80.7 Å². The minimum absolute atomic E-state index is 0.342. The summed E-state index contributed by atoms with van der Waals surface area (Å²) in [4.78, 5) is 13.4. The average Bonchev–Trinajstić information content (AvgIpc) is 3.12. The molecule has 0 unspecified atom stereocenters. The zero-order valence-corrected chi connectivity index (χ0v) is 11.2. The van der Waals surface area contributed by atoms with E-state index in [1.165, 1.54) is 19.1 Å². The van der Waals surface area contributed by atoms with Gasteiger partial charge in [0.1, 0.15) is 12.0 Å². The Kier molecular flexibility index (Phi) is 4.95. The fourth-order valence-corrected chi connectivity index (χ4v) is 1.77. The first-order valence-electron chi connectivity index (χ1n) is 6.53. The Balaban J connectivity index is 1.67. The highest BCUT2D eigenvalue weighted by Gasteiger charge is 2.21. The largest absolute Gasteiger partial charge is 0.467 e. The molecule has 106 valence electrons. The number of hydrogen-bond acceptors (Lipinski definition) is 5. The van der Waals surface area contributed by atoms with Crippen LogP contribution >= 0.6 is 0 Å². The first-order valence-corrected chi connectivity index (χ1v) is 6.53.